The maximum atomic E-state index is 12.5. The van der Waals surface area contributed by atoms with Crippen LogP contribution in [0.4, 0.5) is 4.79 Å². The monoisotopic (exact) mass is 337 g/mol. The number of esters is 1. The smallest absolute Gasteiger partial charge is 0.328 e. The summed E-state index contributed by atoms with van der Waals surface area (Å²) in [4.78, 5) is 36.5. The second-order valence-electron chi connectivity index (χ2n) is 4.98. The molecular weight excluding hydrogens is 318 g/mol. The summed E-state index contributed by atoms with van der Waals surface area (Å²) in [6.45, 7) is 1.01. The average Bonchev–Trinajstić information content (AvgIpc) is 2.55. The predicted molar refractivity (Wildman–Crippen MR) is 86.8 cm³/mol. The molecule has 0 spiro atoms. The molecule has 23 heavy (non-hydrogen) atoms. The standard InChI is InChI=1S/C15H19N3O4S/c16-15(21)17-12(19)10-22-14(20)13(11-4-2-1-3-5-11)18-6-8-23-9-7-18/h1-5,13H,6-10H2,(H3,16,17,19,21). The fraction of sp³-hybridized carbons (Fsp3) is 0.400. The molecule has 0 saturated carbocycles. The molecule has 1 atom stereocenters. The van der Waals surface area contributed by atoms with Crippen LogP contribution in [0.1, 0.15) is 11.6 Å². The number of carbonyl (C=O) groups excluding carboxylic acids is 3. The van der Waals surface area contributed by atoms with Crippen LogP contribution in [-0.4, -0.2) is 54.0 Å². The number of urea groups is 1. The molecule has 1 aromatic rings. The third-order valence-electron chi connectivity index (χ3n) is 3.36. The molecule has 0 aliphatic carbocycles. The number of nitrogens with zero attached hydrogens (tertiary/aromatic N) is 1. The topological polar surface area (TPSA) is 102 Å². The van der Waals surface area contributed by atoms with Crippen LogP contribution in [0.15, 0.2) is 30.3 Å². The molecule has 0 radical (unpaired) electrons. The molecule has 1 aliphatic heterocycles. The highest BCUT2D eigenvalue weighted by molar-refractivity contribution is 7.99. The Labute approximate surface area is 138 Å². The van der Waals surface area contributed by atoms with E-state index in [4.69, 9.17) is 10.5 Å². The third-order valence-corrected chi connectivity index (χ3v) is 4.30. The van der Waals surface area contributed by atoms with Crippen molar-refractivity contribution in [1.82, 2.24) is 10.2 Å². The lowest BCUT2D eigenvalue weighted by Gasteiger charge is -2.32. The number of hydrogen-bond donors (Lipinski definition) is 2. The molecule has 7 nitrogen and oxygen atoms in total. The Morgan fingerprint density at radius 2 is 1.87 bits per heavy atom. The van der Waals surface area contributed by atoms with E-state index < -0.39 is 30.6 Å². The second-order valence-corrected chi connectivity index (χ2v) is 6.21. The maximum absolute atomic E-state index is 12.5. The largest absolute Gasteiger partial charge is 0.454 e. The van der Waals surface area contributed by atoms with E-state index in [-0.39, 0.29) is 0 Å². The lowest BCUT2D eigenvalue weighted by molar-refractivity contribution is -0.154. The van der Waals surface area contributed by atoms with Crippen molar-refractivity contribution in [3.63, 3.8) is 0 Å². The summed E-state index contributed by atoms with van der Waals surface area (Å²) < 4.78 is 5.07. The van der Waals surface area contributed by atoms with Gasteiger partial charge in [0.05, 0.1) is 0 Å². The fourth-order valence-corrected chi connectivity index (χ4v) is 3.29. The molecule has 1 saturated heterocycles. The summed E-state index contributed by atoms with van der Waals surface area (Å²) in [7, 11) is 0. The molecule has 2 rings (SSSR count). The zero-order valence-electron chi connectivity index (χ0n) is 12.6. The van der Waals surface area contributed by atoms with Crippen molar-refractivity contribution < 1.29 is 19.1 Å². The molecule has 124 valence electrons. The number of rotatable bonds is 5. The summed E-state index contributed by atoms with van der Waals surface area (Å²) >= 11 is 1.84. The number of imide groups is 1. The molecule has 1 aromatic carbocycles. The summed E-state index contributed by atoms with van der Waals surface area (Å²) in [5.41, 5.74) is 5.66. The van der Waals surface area contributed by atoms with E-state index in [1.807, 2.05) is 52.3 Å². The summed E-state index contributed by atoms with van der Waals surface area (Å²) in [6.07, 6.45) is 0. The van der Waals surface area contributed by atoms with Gasteiger partial charge in [-0.25, -0.2) is 9.59 Å². The molecule has 1 heterocycles. The van der Waals surface area contributed by atoms with E-state index in [9.17, 15) is 14.4 Å². The van der Waals surface area contributed by atoms with Crippen molar-refractivity contribution >= 4 is 29.7 Å². The summed E-state index contributed by atoms with van der Waals surface area (Å²) in [6, 6.07) is 7.77. The van der Waals surface area contributed by atoms with Gasteiger partial charge >= 0.3 is 12.0 Å². The van der Waals surface area contributed by atoms with Crippen LogP contribution in [0.25, 0.3) is 0 Å². The second kappa shape index (κ2) is 8.54. The van der Waals surface area contributed by atoms with Crippen molar-refractivity contribution in [2.45, 2.75) is 6.04 Å². The van der Waals surface area contributed by atoms with E-state index in [1.165, 1.54) is 0 Å². The normalized spacial score (nSPS) is 16.3. The predicted octanol–water partition coefficient (Wildman–Crippen LogP) is 0.515. The van der Waals surface area contributed by atoms with Gasteiger partial charge in [0.2, 0.25) is 0 Å². The van der Waals surface area contributed by atoms with Crippen molar-refractivity contribution in [1.29, 1.82) is 0 Å². The zero-order valence-corrected chi connectivity index (χ0v) is 13.4. The van der Waals surface area contributed by atoms with Gasteiger partial charge in [0.15, 0.2) is 6.61 Å². The highest BCUT2D eigenvalue weighted by Gasteiger charge is 2.30. The Morgan fingerprint density at radius 3 is 2.48 bits per heavy atom. The number of primary amides is 1. The van der Waals surface area contributed by atoms with Gasteiger partial charge in [0, 0.05) is 24.6 Å². The lowest BCUT2D eigenvalue weighted by atomic mass is 10.1. The van der Waals surface area contributed by atoms with E-state index in [0.29, 0.717) is 0 Å². The minimum Gasteiger partial charge on any atom is -0.454 e. The molecule has 1 unspecified atom stereocenters. The van der Waals surface area contributed by atoms with Gasteiger partial charge in [-0.1, -0.05) is 30.3 Å². The van der Waals surface area contributed by atoms with Gasteiger partial charge in [-0.05, 0) is 5.56 Å². The lowest BCUT2D eigenvalue weighted by Crippen LogP contribution is -2.42. The average molecular weight is 337 g/mol. The number of nitrogens with one attached hydrogen (secondary N) is 1. The summed E-state index contributed by atoms with van der Waals surface area (Å²) in [5.74, 6) is 0.631. The third kappa shape index (κ3) is 5.26. The van der Waals surface area contributed by atoms with Crippen LogP contribution in [0.5, 0.6) is 0 Å². The number of carbonyl (C=O) groups is 3. The van der Waals surface area contributed by atoms with E-state index in [2.05, 4.69) is 0 Å². The Hall–Kier alpha value is -2.06. The number of hydrogen-bond acceptors (Lipinski definition) is 6. The Balaban J connectivity index is 2.05. The van der Waals surface area contributed by atoms with Crippen molar-refractivity contribution in [2.24, 2.45) is 5.73 Å². The first-order valence-electron chi connectivity index (χ1n) is 7.20. The van der Waals surface area contributed by atoms with E-state index >= 15 is 0 Å². The summed E-state index contributed by atoms with van der Waals surface area (Å²) in [5, 5.41) is 1.86. The molecule has 3 amide bonds. The van der Waals surface area contributed by atoms with Crippen LogP contribution in [0.2, 0.25) is 0 Å². The van der Waals surface area contributed by atoms with Crippen LogP contribution in [-0.2, 0) is 14.3 Å². The molecule has 0 aromatic heterocycles. The van der Waals surface area contributed by atoms with Crippen molar-refractivity contribution in [3.05, 3.63) is 35.9 Å². The number of benzene rings is 1. The molecule has 0 bridgehead atoms. The zero-order chi connectivity index (χ0) is 16.7. The first kappa shape index (κ1) is 17.3. The Bertz CT molecular complexity index is 561. The quantitative estimate of drug-likeness (QED) is 0.759. The van der Waals surface area contributed by atoms with Crippen LogP contribution < -0.4 is 11.1 Å². The number of amides is 3. The maximum Gasteiger partial charge on any atom is 0.328 e. The number of ether oxygens (including phenoxy) is 1. The fourth-order valence-electron chi connectivity index (χ4n) is 2.36. The Kier molecular flexibility index (Phi) is 6.42. The van der Waals surface area contributed by atoms with Crippen LogP contribution in [0, 0.1) is 0 Å². The van der Waals surface area contributed by atoms with E-state index in [0.717, 1.165) is 30.2 Å². The first-order valence-corrected chi connectivity index (χ1v) is 8.36. The van der Waals surface area contributed by atoms with Gasteiger partial charge in [-0.15, -0.1) is 0 Å². The van der Waals surface area contributed by atoms with Crippen LogP contribution in [0.3, 0.4) is 0 Å². The SMILES string of the molecule is NC(=O)NC(=O)COC(=O)C(c1ccccc1)N1CCSCC1. The number of thioether (sulfide) groups is 1. The highest BCUT2D eigenvalue weighted by atomic mass is 32.2. The molecule has 8 heteroatoms. The van der Waals surface area contributed by atoms with Gasteiger partial charge in [0.25, 0.3) is 5.91 Å². The Morgan fingerprint density at radius 1 is 1.22 bits per heavy atom. The van der Waals surface area contributed by atoms with Crippen LogP contribution >= 0.6 is 11.8 Å². The van der Waals surface area contributed by atoms with Gasteiger partial charge < -0.3 is 10.5 Å². The molecular formula is C15H19N3O4S. The molecule has 1 fully saturated rings. The number of nitrogens with two attached hydrogens (primary N) is 1. The molecule has 1 aliphatic rings. The van der Waals surface area contributed by atoms with Gasteiger partial charge in [0.1, 0.15) is 6.04 Å². The first-order chi connectivity index (χ1) is 11.1. The molecule has 3 N–H and O–H groups in total. The van der Waals surface area contributed by atoms with Crippen molar-refractivity contribution in [3.8, 4) is 0 Å². The highest BCUT2D eigenvalue weighted by Crippen LogP contribution is 2.25. The van der Waals surface area contributed by atoms with E-state index in [1.54, 1.807) is 0 Å². The van der Waals surface area contributed by atoms with Gasteiger partial charge in [-0.3, -0.25) is 15.0 Å². The minimum absolute atomic E-state index is 0.511. The minimum atomic E-state index is -0.973. The van der Waals surface area contributed by atoms with Crippen molar-refractivity contribution in [2.75, 3.05) is 31.2 Å². The van der Waals surface area contributed by atoms with Gasteiger partial charge in [-0.2, -0.15) is 11.8 Å².